The van der Waals surface area contributed by atoms with Crippen molar-refractivity contribution in [3.8, 4) is 16.8 Å². The summed E-state index contributed by atoms with van der Waals surface area (Å²) in [5.41, 5.74) is 5.87. The topological polar surface area (TPSA) is 72.3 Å². The van der Waals surface area contributed by atoms with Crippen molar-refractivity contribution in [2.24, 2.45) is 0 Å². The van der Waals surface area contributed by atoms with Gasteiger partial charge in [-0.05, 0) is 48.0 Å². The van der Waals surface area contributed by atoms with Crippen LogP contribution in [-0.2, 0) is 9.53 Å². The Bertz CT molecular complexity index is 1180. The van der Waals surface area contributed by atoms with Crippen LogP contribution >= 0.6 is 0 Å². The molecule has 1 saturated heterocycles. The summed E-state index contributed by atoms with van der Waals surface area (Å²) in [7, 11) is 0. The standard InChI is InChI=1S/C24H23N5O2/c30-24(16-28-10-12-31-13-11-28)27-20-4-6-21(7-5-20)29-17-26-22-8-3-18(14-23(22)29)19-2-1-9-25-15-19/h1-9,14-15,17H,10-13,16H2,(H,27,30). The Morgan fingerprint density at radius 2 is 1.87 bits per heavy atom. The van der Waals surface area contributed by atoms with E-state index in [4.69, 9.17) is 4.74 Å². The molecule has 0 aliphatic carbocycles. The van der Waals surface area contributed by atoms with Gasteiger partial charge in [-0.25, -0.2) is 4.98 Å². The Labute approximate surface area is 180 Å². The maximum Gasteiger partial charge on any atom is 0.238 e. The molecule has 156 valence electrons. The van der Waals surface area contributed by atoms with Crippen molar-refractivity contribution in [2.45, 2.75) is 0 Å². The molecule has 0 unspecified atom stereocenters. The van der Waals surface area contributed by atoms with Crippen LogP contribution in [-0.4, -0.2) is 58.2 Å². The van der Waals surface area contributed by atoms with E-state index in [1.807, 2.05) is 55.0 Å². The molecule has 5 rings (SSSR count). The van der Waals surface area contributed by atoms with Crippen molar-refractivity contribution in [3.05, 3.63) is 73.3 Å². The van der Waals surface area contributed by atoms with Gasteiger partial charge in [0, 0.05) is 42.4 Å². The molecule has 0 atom stereocenters. The molecular formula is C24H23N5O2. The van der Waals surface area contributed by atoms with E-state index in [1.54, 1.807) is 6.20 Å². The minimum atomic E-state index is -0.0103. The van der Waals surface area contributed by atoms with Crippen molar-refractivity contribution in [2.75, 3.05) is 38.2 Å². The second-order valence-electron chi connectivity index (χ2n) is 7.54. The number of aromatic nitrogens is 3. The first-order chi connectivity index (χ1) is 15.3. The Kier molecular flexibility index (Phi) is 5.43. The summed E-state index contributed by atoms with van der Waals surface area (Å²) in [4.78, 5) is 23.2. The van der Waals surface area contributed by atoms with Crippen LogP contribution in [0.2, 0.25) is 0 Å². The number of hydrogen-bond acceptors (Lipinski definition) is 5. The van der Waals surface area contributed by atoms with Crippen LogP contribution in [0.15, 0.2) is 73.3 Å². The fourth-order valence-electron chi connectivity index (χ4n) is 3.79. The van der Waals surface area contributed by atoms with E-state index in [9.17, 15) is 4.79 Å². The molecule has 1 aliphatic rings. The smallest absolute Gasteiger partial charge is 0.238 e. The molecule has 3 heterocycles. The number of ether oxygens (including phenoxy) is 1. The van der Waals surface area contributed by atoms with Crippen LogP contribution in [0, 0.1) is 0 Å². The number of nitrogens with zero attached hydrogens (tertiary/aromatic N) is 4. The summed E-state index contributed by atoms with van der Waals surface area (Å²) in [5, 5.41) is 2.98. The van der Waals surface area contributed by atoms with E-state index in [0.29, 0.717) is 19.8 Å². The highest BCUT2D eigenvalue weighted by Gasteiger charge is 2.14. The lowest BCUT2D eigenvalue weighted by atomic mass is 10.1. The zero-order valence-electron chi connectivity index (χ0n) is 17.1. The van der Waals surface area contributed by atoms with E-state index >= 15 is 0 Å². The van der Waals surface area contributed by atoms with E-state index < -0.39 is 0 Å². The molecule has 0 spiro atoms. The lowest BCUT2D eigenvalue weighted by Gasteiger charge is -2.25. The van der Waals surface area contributed by atoms with Crippen molar-refractivity contribution in [1.82, 2.24) is 19.4 Å². The summed E-state index contributed by atoms with van der Waals surface area (Å²) in [6.45, 7) is 3.34. The number of rotatable bonds is 5. The second-order valence-corrected chi connectivity index (χ2v) is 7.54. The highest BCUT2D eigenvalue weighted by molar-refractivity contribution is 5.92. The molecule has 7 heteroatoms. The molecule has 0 radical (unpaired) electrons. The van der Waals surface area contributed by atoms with E-state index in [1.165, 1.54) is 0 Å². The summed E-state index contributed by atoms with van der Waals surface area (Å²) in [6.07, 6.45) is 5.45. The van der Waals surface area contributed by atoms with Crippen LogP contribution < -0.4 is 5.32 Å². The largest absolute Gasteiger partial charge is 0.379 e. The number of fused-ring (bicyclic) bond motifs is 1. The summed E-state index contributed by atoms with van der Waals surface area (Å²) in [5.74, 6) is -0.0103. The fraction of sp³-hybridized carbons (Fsp3) is 0.208. The first kappa shape index (κ1) is 19.4. The first-order valence-electron chi connectivity index (χ1n) is 10.3. The highest BCUT2D eigenvalue weighted by Crippen LogP contribution is 2.25. The Balaban J connectivity index is 1.34. The minimum absolute atomic E-state index is 0.0103. The molecule has 1 amide bonds. The van der Waals surface area contributed by atoms with Gasteiger partial charge in [-0.1, -0.05) is 12.1 Å². The SMILES string of the molecule is O=C(CN1CCOCC1)Nc1ccc(-n2cnc3ccc(-c4cccnc4)cc32)cc1. The van der Waals surface area contributed by atoms with Crippen LogP contribution in [0.25, 0.3) is 27.8 Å². The Morgan fingerprint density at radius 3 is 2.65 bits per heavy atom. The molecule has 1 fully saturated rings. The van der Waals surface area contributed by atoms with Crippen LogP contribution in [0.3, 0.4) is 0 Å². The molecule has 1 aliphatic heterocycles. The maximum atomic E-state index is 12.3. The van der Waals surface area contributed by atoms with E-state index in [0.717, 1.165) is 46.6 Å². The molecule has 31 heavy (non-hydrogen) atoms. The third kappa shape index (κ3) is 4.33. The summed E-state index contributed by atoms with van der Waals surface area (Å²) < 4.78 is 7.38. The quantitative estimate of drug-likeness (QED) is 0.543. The number of imidazole rings is 1. The van der Waals surface area contributed by atoms with Crippen molar-refractivity contribution in [3.63, 3.8) is 0 Å². The highest BCUT2D eigenvalue weighted by atomic mass is 16.5. The second kappa shape index (κ2) is 8.67. The molecule has 0 saturated carbocycles. The van der Waals surface area contributed by atoms with Crippen molar-refractivity contribution < 1.29 is 9.53 Å². The number of benzene rings is 2. The fourth-order valence-corrected chi connectivity index (χ4v) is 3.79. The maximum absolute atomic E-state index is 12.3. The normalized spacial score (nSPS) is 14.6. The molecule has 4 aromatic rings. The zero-order chi connectivity index (χ0) is 21.0. The predicted molar refractivity (Wildman–Crippen MR) is 120 cm³/mol. The van der Waals surface area contributed by atoms with E-state index in [2.05, 4.69) is 36.9 Å². The van der Waals surface area contributed by atoms with Crippen LogP contribution in [0.1, 0.15) is 0 Å². The monoisotopic (exact) mass is 413 g/mol. The van der Waals surface area contributed by atoms with Crippen LogP contribution in [0.4, 0.5) is 5.69 Å². The van der Waals surface area contributed by atoms with Crippen molar-refractivity contribution in [1.29, 1.82) is 0 Å². The van der Waals surface area contributed by atoms with Gasteiger partial charge in [0.1, 0.15) is 6.33 Å². The molecule has 2 aromatic carbocycles. The van der Waals surface area contributed by atoms with Gasteiger partial charge in [-0.2, -0.15) is 0 Å². The lowest BCUT2D eigenvalue weighted by Crippen LogP contribution is -2.41. The average molecular weight is 413 g/mol. The number of nitrogens with one attached hydrogen (secondary N) is 1. The number of anilines is 1. The predicted octanol–water partition coefficient (Wildman–Crippen LogP) is 3.36. The molecular weight excluding hydrogens is 390 g/mol. The summed E-state index contributed by atoms with van der Waals surface area (Å²) in [6, 6.07) is 18.0. The van der Waals surface area contributed by atoms with Gasteiger partial charge in [-0.3, -0.25) is 19.2 Å². The number of carbonyl (C=O) groups is 1. The van der Waals surface area contributed by atoms with Crippen molar-refractivity contribution >= 4 is 22.6 Å². The number of carbonyl (C=O) groups excluding carboxylic acids is 1. The van der Waals surface area contributed by atoms with E-state index in [-0.39, 0.29) is 5.91 Å². The van der Waals surface area contributed by atoms with Gasteiger partial charge in [0.15, 0.2) is 0 Å². The number of pyridine rings is 1. The van der Waals surface area contributed by atoms with Crippen LogP contribution in [0.5, 0.6) is 0 Å². The average Bonchev–Trinajstić information content (AvgIpc) is 3.24. The Hall–Kier alpha value is -3.55. The lowest BCUT2D eigenvalue weighted by molar-refractivity contribution is -0.118. The third-order valence-corrected chi connectivity index (χ3v) is 5.44. The van der Waals surface area contributed by atoms with Gasteiger partial charge in [0.05, 0.1) is 30.8 Å². The third-order valence-electron chi connectivity index (χ3n) is 5.44. The van der Waals surface area contributed by atoms with Gasteiger partial charge < -0.3 is 10.1 Å². The number of morpholine rings is 1. The van der Waals surface area contributed by atoms with Gasteiger partial charge in [0.25, 0.3) is 0 Å². The molecule has 7 nitrogen and oxygen atoms in total. The first-order valence-corrected chi connectivity index (χ1v) is 10.3. The van der Waals surface area contributed by atoms with Gasteiger partial charge >= 0.3 is 0 Å². The number of amides is 1. The summed E-state index contributed by atoms with van der Waals surface area (Å²) >= 11 is 0. The number of hydrogen-bond donors (Lipinski definition) is 1. The molecule has 2 aromatic heterocycles. The molecule has 1 N–H and O–H groups in total. The molecule has 0 bridgehead atoms. The Morgan fingerprint density at radius 1 is 1.03 bits per heavy atom. The van der Waals surface area contributed by atoms with Gasteiger partial charge in [0.2, 0.25) is 5.91 Å². The van der Waals surface area contributed by atoms with Gasteiger partial charge in [-0.15, -0.1) is 0 Å². The minimum Gasteiger partial charge on any atom is -0.379 e. The zero-order valence-corrected chi connectivity index (χ0v) is 17.1.